The van der Waals surface area contributed by atoms with E-state index in [1.54, 1.807) is 7.11 Å². The Morgan fingerprint density at radius 3 is 2.86 bits per heavy atom. The number of hydrogen-bond donors (Lipinski definition) is 4. The predicted molar refractivity (Wildman–Crippen MR) is 72.9 cm³/mol. The molecule has 1 aromatic heterocycles. The number of rotatable bonds is 10. The molecule has 9 heteroatoms. The molecule has 1 atom stereocenters. The van der Waals surface area contributed by atoms with E-state index < -0.39 is 18.0 Å². The lowest BCUT2D eigenvalue weighted by atomic mass is 10.2. The van der Waals surface area contributed by atoms with Crippen LogP contribution in [-0.2, 0) is 20.7 Å². The number of methoxy groups -OCH3 is 1. The fourth-order valence-electron chi connectivity index (χ4n) is 1.51. The monoisotopic (exact) mass is 300 g/mol. The van der Waals surface area contributed by atoms with Crippen LogP contribution in [0, 0.1) is 0 Å². The lowest BCUT2D eigenvalue weighted by Gasteiger charge is -2.14. The number of urea groups is 1. The molecule has 0 aromatic carbocycles. The van der Waals surface area contributed by atoms with Gasteiger partial charge in [-0.15, -0.1) is 0 Å². The fraction of sp³-hybridized carbons (Fsp3) is 0.583. The minimum atomic E-state index is -1.11. The number of imidazole rings is 1. The van der Waals surface area contributed by atoms with Crippen molar-refractivity contribution < 1.29 is 24.2 Å². The molecule has 0 radical (unpaired) electrons. The zero-order chi connectivity index (χ0) is 15.5. The van der Waals surface area contributed by atoms with Gasteiger partial charge >= 0.3 is 12.0 Å². The molecule has 0 aliphatic heterocycles. The third-order valence-electron chi connectivity index (χ3n) is 2.55. The molecule has 0 saturated carbocycles. The molecule has 118 valence electrons. The van der Waals surface area contributed by atoms with Crippen LogP contribution in [0.4, 0.5) is 4.79 Å². The number of aliphatic carboxylic acids is 1. The van der Waals surface area contributed by atoms with Crippen LogP contribution in [0.25, 0.3) is 0 Å². The Morgan fingerprint density at radius 1 is 1.43 bits per heavy atom. The number of hydrogen-bond acceptors (Lipinski definition) is 5. The lowest BCUT2D eigenvalue weighted by Crippen LogP contribution is -2.47. The van der Waals surface area contributed by atoms with E-state index in [1.165, 1.54) is 12.5 Å². The maximum absolute atomic E-state index is 11.6. The van der Waals surface area contributed by atoms with E-state index in [-0.39, 0.29) is 13.0 Å². The molecule has 0 spiro atoms. The van der Waals surface area contributed by atoms with Crippen LogP contribution in [0.15, 0.2) is 12.5 Å². The summed E-state index contributed by atoms with van der Waals surface area (Å²) in [5.74, 6) is -1.11. The van der Waals surface area contributed by atoms with E-state index in [0.29, 0.717) is 25.5 Å². The number of carboxylic acids is 1. The van der Waals surface area contributed by atoms with Crippen LogP contribution in [0.3, 0.4) is 0 Å². The van der Waals surface area contributed by atoms with Crippen molar-refractivity contribution in [2.75, 3.05) is 33.5 Å². The maximum Gasteiger partial charge on any atom is 0.326 e. The largest absolute Gasteiger partial charge is 0.480 e. The second-order valence-electron chi connectivity index (χ2n) is 4.18. The van der Waals surface area contributed by atoms with E-state index in [2.05, 4.69) is 20.6 Å². The Kier molecular flexibility index (Phi) is 7.84. The standard InChI is InChI=1S/C12H20N4O5/c1-20-4-5-21-3-2-14-12(19)16-10(11(17)18)6-9-7-13-8-15-9/h7-8,10H,2-6H2,1H3,(H,13,15)(H,17,18)(H2,14,16,19). The molecule has 1 unspecified atom stereocenters. The first kappa shape index (κ1) is 16.9. The Labute approximate surface area is 122 Å². The molecule has 1 aromatic rings. The van der Waals surface area contributed by atoms with Crippen LogP contribution in [0.5, 0.6) is 0 Å². The van der Waals surface area contributed by atoms with Gasteiger partial charge in [-0.1, -0.05) is 0 Å². The number of aromatic amines is 1. The molecule has 0 fully saturated rings. The normalized spacial score (nSPS) is 11.9. The van der Waals surface area contributed by atoms with E-state index in [4.69, 9.17) is 14.6 Å². The minimum Gasteiger partial charge on any atom is -0.480 e. The number of H-pyrrole nitrogens is 1. The Morgan fingerprint density at radius 2 is 2.24 bits per heavy atom. The highest BCUT2D eigenvalue weighted by Gasteiger charge is 2.20. The molecule has 2 amide bonds. The SMILES string of the molecule is COCCOCCNC(=O)NC(Cc1cnc[nH]1)C(=O)O. The van der Waals surface area contributed by atoms with Crippen molar-refractivity contribution in [1.82, 2.24) is 20.6 Å². The van der Waals surface area contributed by atoms with Crippen LogP contribution in [0.2, 0.25) is 0 Å². The van der Waals surface area contributed by atoms with Crippen LogP contribution in [-0.4, -0.2) is 66.6 Å². The van der Waals surface area contributed by atoms with E-state index in [9.17, 15) is 9.59 Å². The molecule has 1 rings (SSSR count). The van der Waals surface area contributed by atoms with Gasteiger partial charge in [0.05, 0.1) is 26.1 Å². The van der Waals surface area contributed by atoms with Gasteiger partial charge in [-0.2, -0.15) is 0 Å². The van der Waals surface area contributed by atoms with E-state index in [0.717, 1.165) is 0 Å². The molecule has 21 heavy (non-hydrogen) atoms. The average molecular weight is 300 g/mol. The second kappa shape index (κ2) is 9.72. The van der Waals surface area contributed by atoms with Gasteiger partial charge in [0.1, 0.15) is 6.04 Å². The van der Waals surface area contributed by atoms with Crippen molar-refractivity contribution >= 4 is 12.0 Å². The van der Waals surface area contributed by atoms with Crippen molar-refractivity contribution in [2.24, 2.45) is 0 Å². The van der Waals surface area contributed by atoms with Gasteiger partial charge in [0.25, 0.3) is 0 Å². The first-order valence-electron chi connectivity index (χ1n) is 6.44. The number of nitrogens with zero attached hydrogens (tertiary/aromatic N) is 1. The number of ether oxygens (including phenoxy) is 2. The molecule has 0 saturated heterocycles. The highest BCUT2D eigenvalue weighted by Crippen LogP contribution is 1.98. The molecular weight excluding hydrogens is 280 g/mol. The first-order valence-corrected chi connectivity index (χ1v) is 6.44. The summed E-state index contributed by atoms with van der Waals surface area (Å²) in [5.41, 5.74) is 0.630. The Balaban J connectivity index is 2.24. The first-order chi connectivity index (χ1) is 10.1. The zero-order valence-electron chi connectivity index (χ0n) is 11.8. The summed E-state index contributed by atoms with van der Waals surface area (Å²) in [6.45, 7) is 1.54. The quantitative estimate of drug-likeness (QED) is 0.426. The van der Waals surface area contributed by atoms with Gasteiger partial charge in [0.2, 0.25) is 0 Å². The third kappa shape index (κ3) is 7.28. The lowest BCUT2D eigenvalue weighted by molar-refractivity contribution is -0.139. The summed E-state index contributed by atoms with van der Waals surface area (Å²) in [5, 5.41) is 14.0. The number of carbonyl (C=O) groups is 2. The van der Waals surface area contributed by atoms with Crippen molar-refractivity contribution in [3.05, 3.63) is 18.2 Å². The van der Waals surface area contributed by atoms with Crippen molar-refractivity contribution in [1.29, 1.82) is 0 Å². The zero-order valence-corrected chi connectivity index (χ0v) is 11.8. The summed E-state index contributed by atoms with van der Waals surface area (Å²) in [7, 11) is 1.57. The molecule has 0 aliphatic rings. The van der Waals surface area contributed by atoms with Crippen LogP contribution >= 0.6 is 0 Å². The van der Waals surface area contributed by atoms with Gasteiger partial charge in [0.15, 0.2) is 0 Å². The molecule has 0 bridgehead atoms. The van der Waals surface area contributed by atoms with Crippen molar-refractivity contribution in [3.8, 4) is 0 Å². The molecule has 9 nitrogen and oxygen atoms in total. The fourth-order valence-corrected chi connectivity index (χ4v) is 1.51. The average Bonchev–Trinajstić information content (AvgIpc) is 2.95. The van der Waals surface area contributed by atoms with Gasteiger partial charge in [-0.25, -0.2) is 14.6 Å². The van der Waals surface area contributed by atoms with Crippen molar-refractivity contribution in [2.45, 2.75) is 12.5 Å². The van der Waals surface area contributed by atoms with E-state index >= 15 is 0 Å². The van der Waals surface area contributed by atoms with Crippen LogP contribution < -0.4 is 10.6 Å². The highest BCUT2D eigenvalue weighted by atomic mass is 16.5. The second-order valence-corrected chi connectivity index (χ2v) is 4.18. The summed E-state index contributed by atoms with van der Waals surface area (Å²) in [4.78, 5) is 29.3. The Bertz CT molecular complexity index is 423. The van der Waals surface area contributed by atoms with Gasteiger partial charge in [-0.05, 0) is 0 Å². The van der Waals surface area contributed by atoms with Gasteiger partial charge < -0.3 is 30.2 Å². The maximum atomic E-state index is 11.6. The van der Waals surface area contributed by atoms with Crippen LogP contribution in [0.1, 0.15) is 5.69 Å². The van der Waals surface area contributed by atoms with Gasteiger partial charge in [0, 0.05) is 32.0 Å². The molecule has 4 N–H and O–H groups in total. The number of carbonyl (C=O) groups excluding carboxylic acids is 1. The number of aromatic nitrogens is 2. The third-order valence-corrected chi connectivity index (χ3v) is 2.55. The minimum absolute atomic E-state index is 0.132. The Hall–Kier alpha value is -2.13. The summed E-state index contributed by atoms with van der Waals surface area (Å²) < 4.78 is 9.97. The number of nitrogens with one attached hydrogen (secondary N) is 3. The summed E-state index contributed by atoms with van der Waals surface area (Å²) >= 11 is 0. The van der Waals surface area contributed by atoms with E-state index in [1.807, 2.05) is 0 Å². The molecule has 0 aliphatic carbocycles. The van der Waals surface area contributed by atoms with Gasteiger partial charge in [-0.3, -0.25) is 0 Å². The molecular formula is C12H20N4O5. The summed E-state index contributed by atoms with van der Waals surface area (Å²) in [6, 6.07) is -1.59. The highest BCUT2D eigenvalue weighted by molar-refractivity contribution is 5.82. The topological polar surface area (TPSA) is 126 Å². The predicted octanol–water partition coefficient (Wildman–Crippen LogP) is -0.632. The summed E-state index contributed by atoms with van der Waals surface area (Å²) in [6.07, 6.45) is 3.10. The van der Waals surface area contributed by atoms with Crippen molar-refractivity contribution in [3.63, 3.8) is 0 Å². The number of carboxylic acid groups (broad SMARTS) is 1. The number of amides is 2. The molecule has 1 heterocycles. The smallest absolute Gasteiger partial charge is 0.326 e.